The zero-order valence-corrected chi connectivity index (χ0v) is 16.0. The van der Waals surface area contributed by atoms with Crippen LogP contribution in [0.5, 0.6) is 0 Å². The van der Waals surface area contributed by atoms with Gasteiger partial charge >= 0.3 is 0 Å². The van der Waals surface area contributed by atoms with Crippen LogP contribution in [0.4, 0.5) is 5.69 Å². The van der Waals surface area contributed by atoms with Gasteiger partial charge in [0.25, 0.3) is 17.7 Å². The fourth-order valence-electron chi connectivity index (χ4n) is 3.70. The van der Waals surface area contributed by atoms with E-state index in [1.165, 1.54) is 11.0 Å². The molecule has 2 aliphatic rings. The molecule has 1 unspecified atom stereocenters. The summed E-state index contributed by atoms with van der Waals surface area (Å²) < 4.78 is 5.54. The zero-order chi connectivity index (χ0) is 20.4. The van der Waals surface area contributed by atoms with Crippen LogP contribution in [-0.2, 0) is 11.2 Å². The molecule has 3 N–H and O–H groups in total. The molecule has 0 aromatic heterocycles. The molecule has 2 aliphatic heterocycles. The number of nitrogens with two attached hydrogens (primary N) is 1. The SMILES string of the molecule is Nc1ccc(CCNC(=O)c2ccc3c(c2)C(=O)N(CC2CCCO2)C3=O)cc1. The first-order valence-corrected chi connectivity index (χ1v) is 9.77. The summed E-state index contributed by atoms with van der Waals surface area (Å²) in [5.74, 6) is -0.964. The Morgan fingerprint density at radius 1 is 1.10 bits per heavy atom. The van der Waals surface area contributed by atoms with Gasteiger partial charge < -0.3 is 15.8 Å². The molecule has 7 heteroatoms. The predicted molar refractivity (Wildman–Crippen MR) is 108 cm³/mol. The third kappa shape index (κ3) is 4.00. The molecule has 0 spiro atoms. The number of nitrogens with one attached hydrogen (secondary N) is 1. The molecule has 2 aromatic rings. The van der Waals surface area contributed by atoms with Gasteiger partial charge in [-0.15, -0.1) is 0 Å². The maximum Gasteiger partial charge on any atom is 0.261 e. The summed E-state index contributed by atoms with van der Waals surface area (Å²) in [4.78, 5) is 39.0. The molecule has 0 aliphatic carbocycles. The van der Waals surface area contributed by atoms with Crippen LogP contribution < -0.4 is 11.1 Å². The van der Waals surface area contributed by atoms with E-state index in [9.17, 15) is 14.4 Å². The van der Waals surface area contributed by atoms with Crippen LogP contribution in [0.25, 0.3) is 0 Å². The van der Waals surface area contributed by atoms with E-state index in [1.54, 1.807) is 12.1 Å². The van der Waals surface area contributed by atoms with Crippen LogP contribution in [0.2, 0.25) is 0 Å². The Morgan fingerprint density at radius 2 is 1.86 bits per heavy atom. The molecule has 0 saturated carbocycles. The number of nitrogen functional groups attached to an aromatic ring is 1. The summed E-state index contributed by atoms with van der Waals surface area (Å²) >= 11 is 0. The summed E-state index contributed by atoms with van der Waals surface area (Å²) in [5.41, 5.74) is 8.41. The van der Waals surface area contributed by atoms with Crippen LogP contribution in [0.3, 0.4) is 0 Å². The summed E-state index contributed by atoms with van der Waals surface area (Å²) in [6.07, 6.45) is 2.35. The number of carbonyl (C=O) groups is 3. The molecule has 3 amide bonds. The van der Waals surface area contributed by atoms with Gasteiger partial charge in [0, 0.05) is 24.4 Å². The Balaban J connectivity index is 1.39. The molecule has 2 heterocycles. The third-order valence-electron chi connectivity index (χ3n) is 5.32. The van der Waals surface area contributed by atoms with Crippen LogP contribution in [0.15, 0.2) is 42.5 Å². The number of hydrogen-bond acceptors (Lipinski definition) is 5. The number of benzene rings is 2. The number of rotatable bonds is 6. The second-order valence-electron chi connectivity index (χ2n) is 7.36. The molecule has 4 rings (SSSR count). The fraction of sp³-hybridized carbons (Fsp3) is 0.318. The minimum Gasteiger partial charge on any atom is -0.399 e. The highest BCUT2D eigenvalue weighted by Gasteiger charge is 2.37. The first-order chi connectivity index (χ1) is 14.0. The Kier molecular flexibility index (Phi) is 5.31. The second-order valence-corrected chi connectivity index (χ2v) is 7.36. The molecule has 29 heavy (non-hydrogen) atoms. The third-order valence-corrected chi connectivity index (χ3v) is 5.32. The fourth-order valence-corrected chi connectivity index (χ4v) is 3.70. The lowest BCUT2D eigenvalue weighted by Gasteiger charge is -2.17. The van der Waals surface area contributed by atoms with Crippen molar-refractivity contribution in [3.8, 4) is 0 Å². The van der Waals surface area contributed by atoms with Crippen molar-refractivity contribution < 1.29 is 19.1 Å². The number of anilines is 1. The highest BCUT2D eigenvalue weighted by Crippen LogP contribution is 2.26. The van der Waals surface area contributed by atoms with Gasteiger partial charge in [-0.2, -0.15) is 0 Å². The lowest BCUT2D eigenvalue weighted by Crippen LogP contribution is -2.36. The molecule has 1 fully saturated rings. The first-order valence-electron chi connectivity index (χ1n) is 9.77. The Hall–Kier alpha value is -3.19. The maximum atomic E-state index is 12.7. The number of nitrogens with zero attached hydrogens (tertiary/aromatic N) is 1. The molecule has 150 valence electrons. The molecule has 0 bridgehead atoms. The maximum absolute atomic E-state index is 12.7. The van der Waals surface area contributed by atoms with Crippen molar-refractivity contribution in [1.82, 2.24) is 10.2 Å². The predicted octanol–water partition coefficient (Wildman–Crippen LogP) is 2.02. The van der Waals surface area contributed by atoms with E-state index in [2.05, 4.69) is 5.32 Å². The van der Waals surface area contributed by atoms with Crippen molar-refractivity contribution in [1.29, 1.82) is 0 Å². The van der Waals surface area contributed by atoms with E-state index in [-0.39, 0.29) is 35.9 Å². The molecule has 0 radical (unpaired) electrons. The highest BCUT2D eigenvalue weighted by atomic mass is 16.5. The van der Waals surface area contributed by atoms with Gasteiger partial charge in [-0.25, -0.2) is 0 Å². The highest BCUT2D eigenvalue weighted by molar-refractivity contribution is 6.22. The first kappa shape index (κ1) is 19.1. The van der Waals surface area contributed by atoms with Gasteiger partial charge in [0.2, 0.25) is 0 Å². The number of hydrogen-bond donors (Lipinski definition) is 2. The molecule has 1 atom stereocenters. The van der Waals surface area contributed by atoms with Gasteiger partial charge in [0.05, 0.1) is 23.8 Å². The van der Waals surface area contributed by atoms with Gasteiger partial charge in [0.1, 0.15) is 0 Å². The van der Waals surface area contributed by atoms with Crippen molar-refractivity contribution in [2.45, 2.75) is 25.4 Å². The minimum absolute atomic E-state index is 0.103. The lowest BCUT2D eigenvalue weighted by molar-refractivity contribution is 0.0475. The topological polar surface area (TPSA) is 102 Å². The smallest absolute Gasteiger partial charge is 0.261 e. The summed E-state index contributed by atoms with van der Waals surface area (Å²) in [6.45, 7) is 1.38. The number of fused-ring (bicyclic) bond motifs is 1. The average Bonchev–Trinajstić information content (AvgIpc) is 3.32. The Labute approximate surface area is 168 Å². The van der Waals surface area contributed by atoms with Gasteiger partial charge in [-0.05, 0) is 55.2 Å². The van der Waals surface area contributed by atoms with Crippen LogP contribution in [0.1, 0.15) is 49.5 Å². The van der Waals surface area contributed by atoms with E-state index in [1.807, 2.05) is 24.3 Å². The molecule has 1 saturated heterocycles. The van der Waals surface area contributed by atoms with Crippen LogP contribution in [0, 0.1) is 0 Å². The number of amides is 3. The molecule has 2 aromatic carbocycles. The van der Waals surface area contributed by atoms with Crippen molar-refractivity contribution in [3.05, 3.63) is 64.7 Å². The quantitative estimate of drug-likeness (QED) is 0.577. The van der Waals surface area contributed by atoms with Crippen molar-refractivity contribution in [3.63, 3.8) is 0 Å². The van der Waals surface area contributed by atoms with Gasteiger partial charge in [-0.1, -0.05) is 12.1 Å². The zero-order valence-electron chi connectivity index (χ0n) is 16.0. The normalized spacial score (nSPS) is 18.2. The van der Waals surface area contributed by atoms with E-state index in [0.29, 0.717) is 36.4 Å². The van der Waals surface area contributed by atoms with Crippen molar-refractivity contribution in [2.75, 3.05) is 25.4 Å². The largest absolute Gasteiger partial charge is 0.399 e. The van der Waals surface area contributed by atoms with Crippen LogP contribution >= 0.6 is 0 Å². The van der Waals surface area contributed by atoms with E-state index in [0.717, 1.165) is 18.4 Å². The number of imide groups is 1. The Bertz CT molecular complexity index is 949. The van der Waals surface area contributed by atoms with E-state index in [4.69, 9.17) is 10.5 Å². The summed E-state index contributed by atoms with van der Waals surface area (Å²) in [5, 5.41) is 2.85. The standard InChI is InChI=1S/C22H23N3O4/c23-16-6-3-14(4-7-16)9-10-24-20(26)15-5-8-18-19(12-15)22(28)25(21(18)27)13-17-2-1-11-29-17/h3-8,12,17H,1-2,9-11,13,23H2,(H,24,26). The number of ether oxygens (including phenoxy) is 1. The monoisotopic (exact) mass is 393 g/mol. The molecular weight excluding hydrogens is 370 g/mol. The summed E-state index contributed by atoms with van der Waals surface area (Å²) in [7, 11) is 0. The Morgan fingerprint density at radius 3 is 2.59 bits per heavy atom. The van der Waals surface area contributed by atoms with Gasteiger partial charge in [-0.3, -0.25) is 19.3 Å². The second kappa shape index (κ2) is 8.05. The molecule has 7 nitrogen and oxygen atoms in total. The van der Waals surface area contributed by atoms with Crippen molar-refractivity contribution in [2.24, 2.45) is 0 Å². The van der Waals surface area contributed by atoms with Gasteiger partial charge in [0.15, 0.2) is 0 Å². The number of carbonyl (C=O) groups excluding carboxylic acids is 3. The lowest BCUT2D eigenvalue weighted by atomic mass is 10.1. The van der Waals surface area contributed by atoms with Crippen molar-refractivity contribution >= 4 is 23.4 Å². The van der Waals surface area contributed by atoms with E-state index >= 15 is 0 Å². The average molecular weight is 393 g/mol. The molecular formula is C22H23N3O4. The minimum atomic E-state index is -0.364. The van der Waals surface area contributed by atoms with Crippen LogP contribution in [-0.4, -0.2) is 48.4 Å². The van der Waals surface area contributed by atoms with E-state index < -0.39 is 0 Å². The summed E-state index contributed by atoms with van der Waals surface area (Å²) in [6, 6.07) is 12.1.